The molecule has 0 aromatic carbocycles. The molecule has 1 aliphatic heterocycles. The molecule has 1 aliphatic rings. The topological polar surface area (TPSA) is 60.6 Å². The Morgan fingerprint density at radius 1 is 1.50 bits per heavy atom. The number of aryl methyl sites for hydroxylation is 1. The van der Waals surface area contributed by atoms with E-state index < -0.39 is 0 Å². The molecule has 0 unspecified atom stereocenters. The molecule has 6 heteroatoms. The summed E-state index contributed by atoms with van der Waals surface area (Å²) in [6.45, 7) is 2.70. The third-order valence-corrected chi connectivity index (χ3v) is 3.72. The number of hydrogen-bond donors (Lipinski definition) is 1. The molecule has 2 aromatic heterocycles. The van der Waals surface area contributed by atoms with E-state index in [1.807, 2.05) is 0 Å². The van der Waals surface area contributed by atoms with Crippen LogP contribution in [0.5, 0.6) is 0 Å². The lowest BCUT2D eigenvalue weighted by molar-refractivity contribution is 0.332. The summed E-state index contributed by atoms with van der Waals surface area (Å²) in [4.78, 5) is 9.42. The first kappa shape index (κ1) is 11.4. The van der Waals surface area contributed by atoms with Gasteiger partial charge in [-0.25, -0.2) is 4.98 Å². The van der Waals surface area contributed by atoms with Crippen LogP contribution in [-0.4, -0.2) is 33.0 Å². The van der Waals surface area contributed by atoms with E-state index >= 15 is 0 Å². The average molecular weight is 259 g/mol. The lowest BCUT2D eigenvalue weighted by atomic mass is 10.2. The van der Waals surface area contributed by atoms with Crippen molar-refractivity contribution in [1.82, 2.24) is 19.4 Å². The zero-order chi connectivity index (χ0) is 12.7. The minimum atomic E-state index is 0.566. The fourth-order valence-electron chi connectivity index (χ4n) is 2.61. The van der Waals surface area contributed by atoms with Crippen LogP contribution in [0.1, 0.15) is 17.7 Å². The van der Waals surface area contributed by atoms with Gasteiger partial charge >= 0.3 is 0 Å². The molecule has 0 bridgehead atoms. The fourth-order valence-corrected chi connectivity index (χ4v) is 2.88. The molecule has 18 heavy (non-hydrogen) atoms. The Kier molecular flexibility index (Phi) is 2.65. The van der Waals surface area contributed by atoms with Crippen molar-refractivity contribution < 1.29 is 0 Å². The number of nitrogens with zero attached hydrogens (tertiary/aromatic N) is 4. The molecule has 0 aliphatic carbocycles. The standard InChI is InChI=1S/C12H13N5S/c1-16-3-2-4-17-9(6-16)8(5-13)10-11(17)12(18)15-7-14-10/h7H,2-4,6H2,1H3,(H,14,15,18). The quantitative estimate of drug-likeness (QED) is 0.733. The molecule has 1 N–H and O–H groups in total. The van der Waals surface area contributed by atoms with Gasteiger partial charge < -0.3 is 14.5 Å². The molecule has 3 heterocycles. The van der Waals surface area contributed by atoms with Crippen LogP contribution >= 0.6 is 12.2 Å². The molecule has 0 saturated heterocycles. The summed E-state index contributed by atoms with van der Waals surface area (Å²) in [5.74, 6) is 0. The van der Waals surface area contributed by atoms with Gasteiger partial charge in [0.05, 0.1) is 23.1 Å². The minimum absolute atomic E-state index is 0.566. The highest BCUT2D eigenvalue weighted by molar-refractivity contribution is 7.71. The normalized spacial score (nSPS) is 16.2. The van der Waals surface area contributed by atoms with Crippen molar-refractivity contribution in [2.45, 2.75) is 19.5 Å². The molecular formula is C12H13N5S. The van der Waals surface area contributed by atoms with Crippen molar-refractivity contribution in [3.63, 3.8) is 0 Å². The van der Waals surface area contributed by atoms with Crippen molar-refractivity contribution in [1.29, 1.82) is 5.26 Å². The van der Waals surface area contributed by atoms with Crippen LogP contribution in [0.15, 0.2) is 6.33 Å². The predicted molar refractivity (Wildman–Crippen MR) is 70.6 cm³/mol. The van der Waals surface area contributed by atoms with Crippen LogP contribution < -0.4 is 0 Å². The molecule has 0 atom stereocenters. The number of hydrogen-bond acceptors (Lipinski definition) is 4. The maximum Gasteiger partial charge on any atom is 0.153 e. The number of nitriles is 1. The number of aromatic amines is 1. The smallest absolute Gasteiger partial charge is 0.153 e. The highest BCUT2D eigenvalue weighted by Crippen LogP contribution is 2.27. The predicted octanol–water partition coefficient (Wildman–Crippen LogP) is 1.80. The summed E-state index contributed by atoms with van der Waals surface area (Å²) in [6, 6.07) is 2.30. The van der Waals surface area contributed by atoms with Gasteiger partial charge in [-0.15, -0.1) is 0 Å². The van der Waals surface area contributed by atoms with Gasteiger partial charge in [-0.05, 0) is 20.0 Å². The third kappa shape index (κ3) is 1.55. The number of rotatable bonds is 0. The van der Waals surface area contributed by atoms with Crippen molar-refractivity contribution in [2.24, 2.45) is 0 Å². The molecule has 3 rings (SSSR count). The van der Waals surface area contributed by atoms with E-state index in [1.165, 1.54) is 0 Å². The van der Waals surface area contributed by atoms with E-state index in [-0.39, 0.29) is 0 Å². The summed E-state index contributed by atoms with van der Waals surface area (Å²) in [5, 5.41) is 9.39. The first-order valence-electron chi connectivity index (χ1n) is 5.89. The van der Waals surface area contributed by atoms with Crippen molar-refractivity contribution in [2.75, 3.05) is 13.6 Å². The summed E-state index contributed by atoms with van der Waals surface area (Å²) >= 11 is 5.30. The van der Waals surface area contributed by atoms with E-state index in [9.17, 15) is 5.26 Å². The third-order valence-electron chi connectivity index (χ3n) is 3.42. The van der Waals surface area contributed by atoms with E-state index in [0.29, 0.717) is 10.2 Å². The van der Waals surface area contributed by atoms with Gasteiger partial charge in [0.15, 0.2) is 4.64 Å². The Morgan fingerprint density at radius 3 is 3.11 bits per heavy atom. The number of H-pyrrole nitrogens is 1. The SMILES string of the molecule is CN1CCCn2c(c(C#N)c3[nH]cnc(=S)c32)C1. The average Bonchev–Trinajstić information content (AvgIpc) is 2.51. The first-order chi connectivity index (χ1) is 8.72. The Bertz CT molecular complexity index is 706. The lowest BCUT2D eigenvalue weighted by Crippen LogP contribution is -2.17. The largest absolute Gasteiger partial charge is 0.343 e. The fraction of sp³-hybridized carbons (Fsp3) is 0.417. The number of nitrogens with one attached hydrogen (secondary N) is 1. The minimum Gasteiger partial charge on any atom is -0.343 e. The van der Waals surface area contributed by atoms with Gasteiger partial charge in [-0.1, -0.05) is 12.2 Å². The zero-order valence-electron chi connectivity index (χ0n) is 10.1. The lowest BCUT2D eigenvalue weighted by Gasteiger charge is -2.11. The van der Waals surface area contributed by atoms with Crippen LogP contribution in [0.2, 0.25) is 0 Å². The zero-order valence-corrected chi connectivity index (χ0v) is 10.9. The molecule has 0 amide bonds. The van der Waals surface area contributed by atoms with Gasteiger partial charge in [-0.3, -0.25) is 0 Å². The second kappa shape index (κ2) is 4.19. The summed E-state index contributed by atoms with van der Waals surface area (Å²) < 4.78 is 2.72. The number of fused-ring (bicyclic) bond motifs is 3. The molecule has 0 spiro atoms. The van der Waals surface area contributed by atoms with E-state index in [1.54, 1.807) is 6.33 Å². The molecule has 0 radical (unpaired) electrons. The molecule has 2 aromatic rings. The van der Waals surface area contributed by atoms with E-state index in [0.717, 1.165) is 42.8 Å². The van der Waals surface area contributed by atoms with E-state index in [2.05, 4.69) is 32.6 Å². The first-order valence-corrected chi connectivity index (χ1v) is 6.30. The summed E-state index contributed by atoms with van der Waals surface area (Å²) in [5.41, 5.74) is 3.47. The maximum atomic E-state index is 9.39. The summed E-state index contributed by atoms with van der Waals surface area (Å²) in [7, 11) is 2.07. The van der Waals surface area contributed by atoms with Gasteiger partial charge in [0.1, 0.15) is 11.6 Å². The van der Waals surface area contributed by atoms with Crippen LogP contribution in [0, 0.1) is 16.0 Å². The van der Waals surface area contributed by atoms with Crippen LogP contribution in [0.4, 0.5) is 0 Å². The van der Waals surface area contributed by atoms with Gasteiger partial charge in [-0.2, -0.15) is 5.26 Å². The Labute approximate surface area is 110 Å². The van der Waals surface area contributed by atoms with Crippen LogP contribution in [-0.2, 0) is 13.1 Å². The van der Waals surface area contributed by atoms with Crippen molar-refractivity contribution in [3.05, 3.63) is 22.2 Å². The molecule has 5 nitrogen and oxygen atoms in total. The second-order valence-electron chi connectivity index (χ2n) is 4.61. The molecule has 0 fully saturated rings. The van der Waals surface area contributed by atoms with Gasteiger partial charge in [0.2, 0.25) is 0 Å². The highest BCUT2D eigenvalue weighted by Gasteiger charge is 2.21. The molecule has 92 valence electrons. The Morgan fingerprint density at radius 2 is 2.33 bits per heavy atom. The van der Waals surface area contributed by atoms with Gasteiger partial charge in [0, 0.05) is 13.1 Å². The molecule has 0 saturated carbocycles. The molecular weight excluding hydrogens is 246 g/mol. The maximum absolute atomic E-state index is 9.39. The van der Waals surface area contributed by atoms with Crippen molar-refractivity contribution >= 4 is 23.3 Å². The van der Waals surface area contributed by atoms with Crippen LogP contribution in [0.25, 0.3) is 11.0 Å². The van der Waals surface area contributed by atoms with E-state index in [4.69, 9.17) is 12.2 Å². The highest BCUT2D eigenvalue weighted by atomic mass is 32.1. The Balaban J connectivity index is 2.41. The summed E-state index contributed by atoms with van der Waals surface area (Å²) in [6.07, 6.45) is 2.62. The second-order valence-corrected chi connectivity index (χ2v) is 4.99. The van der Waals surface area contributed by atoms with Crippen molar-refractivity contribution in [3.8, 4) is 6.07 Å². The Hall–Kier alpha value is -1.71. The number of aromatic nitrogens is 3. The van der Waals surface area contributed by atoms with Gasteiger partial charge in [0.25, 0.3) is 0 Å². The van der Waals surface area contributed by atoms with Crippen LogP contribution in [0.3, 0.4) is 0 Å². The monoisotopic (exact) mass is 259 g/mol.